The minimum Gasteiger partial charge on any atom is -0.399 e. The minimum atomic E-state index is -0.570. The number of carbonyl (C=O) groups excluding carboxylic acids is 1. The number of hydrogen-bond donors (Lipinski definition) is 2. The predicted octanol–water partition coefficient (Wildman–Crippen LogP) is 2.10. The van der Waals surface area contributed by atoms with E-state index in [2.05, 4.69) is 5.32 Å². The van der Waals surface area contributed by atoms with Crippen LogP contribution in [-0.4, -0.2) is 16.9 Å². The Labute approximate surface area is 111 Å². The van der Waals surface area contributed by atoms with Crippen molar-refractivity contribution in [2.75, 3.05) is 5.73 Å². The number of hydrogen-bond acceptors (Lipinski definition) is 4. The number of nitrogens with zero attached hydrogens (tertiary/aromatic N) is 1. The third-order valence-corrected chi connectivity index (χ3v) is 3.22. The van der Waals surface area contributed by atoms with Crippen molar-refractivity contribution in [3.05, 3.63) is 33.9 Å². The molecule has 3 N–H and O–H groups in total. The van der Waals surface area contributed by atoms with Crippen LogP contribution in [0.15, 0.2) is 18.2 Å². The Morgan fingerprint density at radius 1 is 1.58 bits per heavy atom. The van der Waals surface area contributed by atoms with Gasteiger partial charge in [0.1, 0.15) is 5.56 Å². The number of nitrogens with two attached hydrogens (primary N) is 1. The number of benzene rings is 1. The summed E-state index contributed by atoms with van der Waals surface area (Å²) in [6.07, 6.45) is 3.33. The van der Waals surface area contributed by atoms with Crippen molar-refractivity contribution in [1.29, 1.82) is 0 Å². The van der Waals surface area contributed by atoms with Gasteiger partial charge in [-0.25, -0.2) is 0 Å². The zero-order valence-electron chi connectivity index (χ0n) is 10.8. The molecule has 0 saturated heterocycles. The molecule has 1 atom stereocenters. The Bertz CT molecular complexity index is 512. The van der Waals surface area contributed by atoms with E-state index in [1.165, 1.54) is 31.0 Å². The summed E-state index contributed by atoms with van der Waals surface area (Å²) in [6.45, 7) is 1.91. The van der Waals surface area contributed by atoms with Gasteiger partial charge in [0, 0.05) is 17.8 Å². The fourth-order valence-electron chi connectivity index (χ4n) is 2.11. The van der Waals surface area contributed by atoms with Gasteiger partial charge in [0.15, 0.2) is 0 Å². The molecule has 1 aliphatic carbocycles. The standard InChI is InChI=1S/C13H17N3O3/c1-8(6-9-2-3-9)15-13(17)11-7-10(14)4-5-12(11)16(18)19/h4-5,7-9H,2-3,6,14H2,1H3,(H,15,17). The number of rotatable bonds is 5. The summed E-state index contributed by atoms with van der Waals surface area (Å²) >= 11 is 0. The van der Waals surface area contributed by atoms with Gasteiger partial charge in [0.2, 0.25) is 0 Å². The quantitative estimate of drug-likeness (QED) is 0.482. The summed E-state index contributed by atoms with van der Waals surface area (Å²) in [7, 11) is 0. The second-order valence-corrected chi connectivity index (χ2v) is 5.09. The lowest BCUT2D eigenvalue weighted by Gasteiger charge is -2.13. The fourth-order valence-corrected chi connectivity index (χ4v) is 2.11. The number of carbonyl (C=O) groups is 1. The van der Waals surface area contributed by atoms with Gasteiger partial charge >= 0.3 is 0 Å². The molecule has 0 aliphatic heterocycles. The van der Waals surface area contributed by atoms with Gasteiger partial charge in [-0.15, -0.1) is 0 Å². The second-order valence-electron chi connectivity index (χ2n) is 5.09. The first kappa shape index (κ1) is 13.3. The summed E-state index contributed by atoms with van der Waals surface area (Å²) in [5, 5.41) is 13.7. The number of nitrogen functional groups attached to an aromatic ring is 1. The zero-order valence-corrected chi connectivity index (χ0v) is 10.8. The summed E-state index contributed by atoms with van der Waals surface area (Å²) in [5.74, 6) is 0.248. The van der Waals surface area contributed by atoms with E-state index in [1.54, 1.807) is 0 Å². The molecular weight excluding hydrogens is 246 g/mol. The number of nitrogens with one attached hydrogen (secondary N) is 1. The van der Waals surface area contributed by atoms with Crippen LogP contribution in [0.2, 0.25) is 0 Å². The molecule has 0 spiro atoms. The Balaban J connectivity index is 2.12. The molecule has 0 aromatic heterocycles. The monoisotopic (exact) mass is 263 g/mol. The molecular formula is C13H17N3O3. The van der Waals surface area contributed by atoms with E-state index >= 15 is 0 Å². The van der Waals surface area contributed by atoms with Crippen LogP contribution in [0.5, 0.6) is 0 Å². The van der Waals surface area contributed by atoms with Crippen LogP contribution < -0.4 is 11.1 Å². The third-order valence-electron chi connectivity index (χ3n) is 3.22. The molecule has 6 heteroatoms. The number of anilines is 1. The largest absolute Gasteiger partial charge is 0.399 e. The Hall–Kier alpha value is -2.11. The molecule has 2 rings (SSSR count). The van der Waals surface area contributed by atoms with Crippen molar-refractivity contribution in [2.45, 2.75) is 32.2 Å². The van der Waals surface area contributed by atoms with Crippen LogP contribution in [0.4, 0.5) is 11.4 Å². The van der Waals surface area contributed by atoms with E-state index in [9.17, 15) is 14.9 Å². The predicted molar refractivity (Wildman–Crippen MR) is 71.8 cm³/mol. The van der Waals surface area contributed by atoms with Crippen molar-refractivity contribution in [1.82, 2.24) is 5.32 Å². The van der Waals surface area contributed by atoms with E-state index in [1.807, 2.05) is 6.92 Å². The van der Waals surface area contributed by atoms with Gasteiger partial charge < -0.3 is 11.1 Å². The van der Waals surface area contributed by atoms with Gasteiger partial charge in [-0.1, -0.05) is 12.8 Å². The molecule has 1 fully saturated rings. The Morgan fingerprint density at radius 2 is 2.26 bits per heavy atom. The molecule has 0 bridgehead atoms. The van der Waals surface area contributed by atoms with Crippen LogP contribution >= 0.6 is 0 Å². The third kappa shape index (κ3) is 3.43. The first-order valence-corrected chi connectivity index (χ1v) is 6.32. The number of nitro benzene ring substituents is 1. The average molecular weight is 263 g/mol. The second kappa shape index (κ2) is 5.26. The van der Waals surface area contributed by atoms with Crippen molar-refractivity contribution in [2.24, 2.45) is 5.92 Å². The lowest BCUT2D eigenvalue weighted by Crippen LogP contribution is -2.33. The summed E-state index contributed by atoms with van der Waals surface area (Å²) in [5.41, 5.74) is 5.73. The van der Waals surface area contributed by atoms with Crippen molar-refractivity contribution < 1.29 is 9.72 Å². The van der Waals surface area contributed by atoms with Crippen LogP contribution in [0.1, 0.15) is 36.5 Å². The van der Waals surface area contributed by atoms with Crippen molar-refractivity contribution >= 4 is 17.3 Å². The van der Waals surface area contributed by atoms with Crippen LogP contribution in [0.3, 0.4) is 0 Å². The SMILES string of the molecule is CC(CC1CC1)NC(=O)c1cc(N)ccc1[N+](=O)[O-]. The summed E-state index contributed by atoms with van der Waals surface area (Å²) < 4.78 is 0. The van der Waals surface area contributed by atoms with E-state index < -0.39 is 10.8 Å². The van der Waals surface area contributed by atoms with Gasteiger partial charge in [-0.3, -0.25) is 14.9 Å². The summed E-state index contributed by atoms with van der Waals surface area (Å²) in [4.78, 5) is 22.4. The van der Waals surface area contributed by atoms with Crippen LogP contribution in [0, 0.1) is 16.0 Å². The maximum Gasteiger partial charge on any atom is 0.282 e. The lowest BCUT2D eigenvalue weighted by atomic mass is 10.1. The average Bonchev–Trinajstić information content (AvgIpc) is 3.12. The topological polar surface area (TPSA) is 98.3 Å². The number of nitro groups is 1. The maximum atomic E-state index is 12.1. The van der Waals surface area contributed by atoms with E-state index in [-0.39, 0.29) is 17.3 Å². The highest BCUT2D eigenvalue weighted by molar-refractivity contribution is 5.99. The van der Waals surface area contributed by atoms with Gasteiger partial charge in [0.25, 0.3) is 11.6 Å². The van der Waals surface area contributed by atoms with Gasteiger partial charge in [-0.05, 0) is 31.4 Å². The van der Waals surface area contributed by atoms with Gasteiger partial charge in [0.05, 0.1) is 4.92 Å². The molecule has 1 aromatic carbocycles. The first-order chi connectivity index (χ1) is 8.97. The molecule has 1 aromatic rings. The fraction of sp³-hybridized carbons (Fsp3) is 0.462. The van der Waals surface area contributed by atoms with Crippen LogP contribution in [-0.2, 0) is 0 Å². The Morgan fingerprint density at radius 3 is 2.84 bits per heavy atom. The number of amides is 1. The van der Waals surface area contributed by atoms with Crippen molar-refractivity contribution in [3.8, 4) is 0 Å². The molecule has 0 radical (unpaired) electrons. The highest BCUT2D eigenvalue weighted by Crippen LogP contribution is 2.33. The van der Waals surface area contributed by atoms with Crippen LogP contribution in [0.25, 0.3) is 0 Å². The molecule has 102 valence electrons. The maximum absolute atomic E-state index is 12.1. The molecule has 0 heterocycles. The van der Waals surface area contributed by atoms with E-state index in [4.69, 9.17) is 5.73 Å². The minimum absolute atomic E-state index is 0.0148. The Kier molecular flexibility index (Phi) is 3.69. The highest BCUT2D eigenvalue weighted by Gasteiger charge is 2.26. The molecule has 1 unspecified atom stereocenters. The molecule has 1 aliphatic rings. The smallest absolute Gasteiger partial charge is 0.282 e. The van der Waals surface area contributed by atoms with E-state index in [0.29, 0.717) is 11.6 Å². The summed E-state index contributed by atoms with van der Waals surface area (Å²) in [6, 6.07) is 4.04. The highest BCUT2D eigenvalue weighted by atomic mass is 16.6. The molecule has 6 nitrogen and oxygen atoms in total. The first-order valence-electron chi connectivity index (χ1n) is 6.32. The molecule has 1 amide bonds. The molecule has 1 saturated carbocycles. The molecule has 19 heavy (non-hydrogen) atoms. The van der Waals surface area contributed by atoms with E-state index in [0.717, 1.165) is 6.42 Å². The zero-order chi connectivity index (χ0) is 14.0. The normalized spacial score (nSPS) is 15.8. The lowest BCUT2D eigenvalue weighted by molar-refractivity contribution is -0.385. The van der Waals surface area contributed by atoms with Gasteiger partial charge in [-0.2, -0.15) is 0 Å². The van der Waals surface area contributed by atoms with Crippen molar-refractivity contribution in [3.63, 3.8) is 0 Å².